The van der Waals surface area contributed by atoms with Gasteiger partial charge in [-0.3, -0.25) is 0 Å². The van der Waals surface area contributed by atoms with Crippen molar-refractivity contribution >= 4 is 6.03 Å². The number of hydrogen-bond donors (Lipinski definition) is 2. The zero-order chi connectivity index (χ0) is 12.1. The third kappa shape index (κ3) is 3.87. The van der Waals surface area contributed by atoms with Crippen LogP contribution in [0.25, 0.3) is 0 Å². The molecule has 0 radical (unpaired) electrons. The van der Waals surface area contributed by atoms with E-state index in [1.807, 2.05) is 0 Å². The third-order valence-corrected chi connectivity index (χ3v) is 4.02. The van der Waals surface area contributed by atoms with Gasteiger partial charge in [0, 0.05) is 25.3 Å². The molecule has 1 atom stereocenters. The minimum absolute atomic E-state index is 0.0101. The molecule has 17 heavy (non-hydrogen) atoms. The van der Waals surface area contributed by atoms with Crippen molar-refractivity contribution in [3.05, 3.63) is 0 Å². The van der Waals surface area contributed by atoms with Crippen LogP contribution in [0.1, 0.15) is 45.4 Å². The second kappa shape index (κ2) is 6.24. The highest BCUT2D eigenvalue weighted by molar-refractivity contribution is 5.74. The Balaban J connectivity index is 1.69. The number of hydrogen-bond acceptors (Lipinski definition) is 2. The molecule has 0 spiro atoms. The van der Waals surface area contributed by atoms with Crippen LogP contribution in [0.2, 0.25) is 0 Å². The summed E-state index contributed by atoms with van der Waals surface area (Å²) < 4.78 is 5.33. The van der Waals surface area contributed by atoms with Crippen LogP contribution in [0, 0.1) is 5.92 Å². The molecular weight excluding hydrogens is 216 g/mol. The summed E-state index contributed by atoms with van der Waals surface area (Å²) in [5, 5.41) is 6.14. The van der Waals surface area contributed by atoms with Crippen molar-refractivity contribution in [2.24, 2.45) is 5.92 Å². The van der Waals surface area contributed by atoms with Crippen molar-refractivity contribution in [2.45, 2.75) is 57.5 Å². The highest BCUT2D eigenvalue weighted by Gasteiger charge is 2.23. The number of carbonyl (C=O) groups excluding carboxylic acids is 1. The molecule has 0 aromatic rings. The standard InChI is InChI=1S/C13H24N2O2/c1-10(11-6-8-17-9-7-11)14-13(16)15-12-4-2-3-5-12/h10-12H,2-9H2,1H3,(H2,14,15,16). The zero-order valence-electron chi connectivity index (χ0n) is 10.7. The topological polar surface area (TPSA) is 50.4 Å². The summed E-state index contributed by atoms with van der Waals surface area (Å²) in [6.45, 7) is 3.77. The monoisotopic (exact) mass is 240 g/mol. The van der Waals surface area contributed by atoms with E-state index in [4.69, 9.17) is 4.74 Å². The minimum atomic E-state index is 0.0101. The molecule has 2 fully saturated rings. The highest BCUT2D eigenvalue weighted by atomic mass is 16.5. The third-order valence-electron chi connectivity index (χ3n) is 4.02. The molecule has 1 saturated heterocycles. The number of carbonyl (C=O) groups is 1. The first-order valence-electron chi connectivity index (χ1n) is 6.90. The van der Waals surface area contributed by atoms with Gasteiger partial charge in [-0.25, -0.2) is 4.79 Å². The first kappa shape index (κ1) is 12.7. The summed E-state index contributed by atoms with van der Waals surface area (Å²) >= 11 is 0. The van der Waals surface area contributed by atoms with Gasteiger partial charge < -0.3 is 15.4 Å². The molecule has 1 saturated carbocycles. The molecule has 2 amide bonds. The van der Waals surface area contributed by atoms with Crippen LogP contribution in [-0.2, 0) is 4.74 Å². The fourth-order valence-corrected chi connectivity index (χ4v) is 2.84. The van der Waals surface area contributed by atoms with Crippen molar-refractivity contribution in [3.63, 3.8) is 0 Å². The van der Waals surface area contributed by atoms with Crippen molar-refractivity contribution in [2.75, 3.05) is 13.2 Å². The van der Waals surface area contributed by atoms with E-state index in [1.54, 1.807) is 0 Å². The fourth-order valence-electron chi connectivity index (χ4n) is 2.84. The van der Waals surface area contributed by atoms with Crippen LogP contribution in [-0.4, -0.2) is 31.3 Å². The predicted molar refractivity (Wildman–Crippen MR) is 66.9 cm³/mol. The molecule has 2 aliphatic rings. The molecule has 1 aliphatic heterocycles. The Hall–Kier alpha value is -0.770. The molecule has 0 aromatic carbocycles. The quantitative estimate of drug-likeness (QED) is 0.793. The molecule has 0 aromatic heterocycles. The second-order valence-corrected chi connectivity index (χ2v) is 5.34. The summed E-state index contributed by atoms with van der Waals surface area (Å²) in [5.74, 6) is 0.568. The maximum atomic E-state index is 11.8. The number of rotatable bonds is 3. The van der Waals surface area contributed by atoms with E-state index in [1.165, 1.54) is 12.8 Å². The van der Waals surface area contributed by atoms with Crippen molar-refractivity contribution in [1.29, 1.82) is 0 Å². The molecule has 1 aliphatic carbocycles. The maximum absolute atomic E-state index is 11.8. The molecule has 98 valence electrons. The Morgan fingerprint density at radius 2 is 1.82 bits per heavy atom. The van der Waals surface area contributed by atoms with Gasteiger partial charge in [0.05, 0.1) is 0 Å². The summed E-state index contributed by atoms with van der Waals surface area (Å²) in [6.07, 6.45) is 6.90. The van der Waals surface area contributed by atoms with Gasteiger partial charge in [0.25, 0.3) is 0 Å². The van der Waals surface area contributed by atoms with Crippen LogP contribution >= 0.6 is 0 Å². The molecule has 1 unspecified atom stereocenters. The van der Waals surface area contributed by atoms with Gasteiger partial charge in [-0.05, 0) is 38.5 Å². The van der Waals surface area contributed by atoms with Gasteiger partial charge in [0.1, 0.15) is 0 Å². The van der Waals surface area contributed by atoms with Crippen LogP contribution in [0.4, 0.5) is 4.79 Å². The summed E-state index contributed by atoms with van der Waals surface area (Å²) in [7, 11) is 0. The van der Waals surface area contributed by atoms with E-state index in [0.717, 1.165) is 38.9 Å². The average molecular weight is 240 g/mol. The maximum Gasteiger partial charge on any atom is 0.315 e. The average Bonchev–Trinajstić information content (AvgIpc) is 2.82. The van der Waals surface area contributed by atoms with Crippen molar-refractivity contribution in [3.8, 4) is 0 Å². The first-order valence-corrected chi connectivity index (χ1v) is 6.90. The van der Waals surface area contributed by atoms with Gasteiger partial charge in [-0.15, -0.1) is 0 Å². The van der Waals surface area contributed by atoms with Crippen LogP contribution in [0.5, 0.6) is 0 Å². The van der Waals surface area contributed by atoms with E-state index >= 15 is 0 Å². The Morgan fingerprint density at radius 3 is 2.47 bits per heavy atom. The number of amides is 2. The zero-order valence-corrected chi connectivity index (χ0v) is 10.7. The molecule has 4 nitrogen and oxygen atoms in total. The van der Waals surface area contributed by atoms with E-state index in [0.29, 0.717) is 12.0 Å². The van der Waals surface area contributed by atoms with Gasteiger partial charge in [-0.1, -0.05) is 12.8 Å². The molecule has 0 bridgehead atoms. The lowest BCUT2D eigenvalue weighted by atomic mass is 9.93. The Bertz CT molecular complexity index is 246. The molecule has 2 N–H and O–H groups in total. The van der Waals surface area contributed by atoms with E-state index in [-0.39, 0.29) is 12.1 Å². The summed E-state index contributed by atoms with van der Waals surface area (Å²) in [5.41, 5.74) is 0. The summed E-state index contributed by atoms with van der Waals surface area (Å²) in [4.78, 5) is 11.8. The van der Waals surface area contributed by atoms with Gasteiger partial charge in [-0.2, -0.15) is 0 Å². The van der Waals surface area contributed by atoms with E-state index in [9.17, 15) is 4.79 Å². The predicted octanol–water partition coefficient (Wildman–Crippen LogP) is 2.04. The Labute approximate surface area is 103 Å². The van der Waals surface area contributed by atoms with Crippen LogP contribution in [0.3, 0.4) is 0 Å². The molecular formula is C13H24N2O2. The summed E-state index contributed by atoms with van der Waals surface area (Å²) in [6, 6.07) is 0.660. The fraction of sp³-hybridized carbons (Fsp3) is 0.923. The molecule has 4 heteroatoms. The second-order valence-electron chi connectivity index (χ2n) is 5.34. The number of urea groups is 1. The first-order chi connectivity index (χ1) is 8.25. The SMILES string of the molecule is CC(NC(=O)NC1CCCC1)C1CCOCC1. The largest absolute Gasteiger partial charge is 0.381 e. The van der Waals surface area contributed by atoms with E-state index in [2.05, 4.69) is 17.6 Å². The lowest BCUT2D eigenvalue weighted by molar-refractivity contribution is 0.0570. The minimum Gasteiger partial charge on any atom is -0.381 e. The normalized spacial score (nSPS) is 24.5. The number of ether oxygens (including phenoxy) is 1. The lowest BCUT2D eigenvalue weighted by Gasteiger charge is -2.28. The lowest BCUT2D eigenvalue weighted by Crippen LogP contribution is -2.47. The molecule has 1 heterocycles. The van der Waals surface area contributed by atoms with Gasteiger partial charge >= 0.3 is 6.03 Å². The smallest absolute Gasteiger partial charge is 0.315 e. The molecule has 2 rings (SSSR count). The number of nitrogens with one attached hydrogen (secondary N) is 2. The Morgan fingerprint density at radius 1 is 1.18 bits per heavy atom. The Kier molecular flexibility index (Phi) is 4.66. The van der Waals surface area contributed by atoms with Crippen molar-refractivity contribution in [1.82, 2.24) is 10.6 Å². The van der Waals surface area contributed by atoms with Crippen molar-refractivity contribution < 1.29 is 9.53 Å². The van der Waals surface area contributed by atoms with Crippen LogP contribution in [0.15, 0.2) is 0 Å². The van der Waals surface area contributed by atoms with Gasteiger partial charge in [0.2, 0.25) is 0 Å². The van der Waals surface area contributed by atoms with Gasteiger partial charge in [0.15, 0.2) is 0 Å². The van der Waals surface area contributed by atoms with Crippen LogP contribution < -0.4 is 10.6 Å². The van der Waals surface area contributed by atoms with E-state index < -0.39 is 0 Å². The highest BCUT2D eigenvalue weighted by Crippen LogP contribution is 2.19.